The lowest BCUT2D eigenvalue weighted by atomic mass is 9.91. The summed E-state index contributed by atoms with van der Waals surface area (Å²) in [4.78, 5) is 38.6. The average Bonchev–Trinajstić information content (AvgIpc) is 2.88. The van der Waals surface area contributed by atoms with Gasteiger partial charge in [-0.25, -0.2) is 4.79 Å². The van der Waals surface area contributed by atoms with Gasteiger partial charge in [-0.3, -0.25) is 14.5 Å². The third kappa shape index (κ3) is 4.09. The molecule has 0 radical (unpaired) electrons. The van der Waals surface area contributed by atoms with Crippen LogP contribution in [0.25, 0.3) is 0 Å². The largest absolute Gasteiger partial charge is 0.325 e. The van der Waals surface area contributed by atoms with Crippen LogP contribution < -0.4 is 10.6 Å². The van der Waals surface area contributed by atoms with Crippen LogP contribution in [-0.2, 0) is 21.5 Å². The zero-order chi connectivity index (χ0) is 20.3. The molecule has 28 heavy (non-hydrogen) atoms. The number of urea groups is 1. The Labute approximate surface area is 172 Å². The van der Waals surface area contributed by atoms with E-state index in [-0.39, 0.29) is 6.54 Å². The number of benzene rings is 2. The van der Waals surface area contributed by atoms with E-state index >= 15 is 0 Å². The van der Waals surface area contributed by atoms with E-state index < -0.39 is 23.4 Å². The minimum Gasteiger partial charge on any atom is -0.325 e. The third-order valence-corrected chi connectivity index (χ3v) is 5.30. The van der Waals surface area contributed by atoms with Crippen molar-refractivity contribution in [1.82, 2.24) is 10.2 Å². The molecule has 0 aliphatic carbocycles. The van der Waals surface area contributed by atoms with Crippen molar-refractivity contribution in [2.45, 2.75) is 32.2 Å². The van der Waals surface area contributed by atoms with Gasteiger partial charge in [0.15, 0.2) is 0 Å². The van der Waals surface area contributed by atoms with Crippen molar-refractivity contribution in [2.24, 2.45) is 0 Å². The van der Waals surface area contributed by atoms with Gasteiger partial charge in [0.1, 0.15) is 12.1 Å². The Kier molecular flexibility index (Phi) is 5.84. The van der Waals surface area contributed by atoms with E-state index in [4.69, 9.17) is 0 Å². The molecule has 7 heteroatoms. The van der Waals surface area contributed by atoms with Gasteiger partial charge in [0, 0.05) is 10.2 Å². The molecule has 1 unspecified atom stereocenters. The van der Waals surface area contributed by atoms with Crippen molar-refractivity contribution in [3.8, 4) is 0 Å². The number of rotatable bonds is 6. The maximum absolute atomic E-state index is 12.9. The number of halogens is 1. The summed E-state index contributed by atoms with van der Waals surface area (Å²) in [5, 5.41) is 5.42. The number of carbonyl (C=O) groups excluding carboxylic acids is 3. The molecule has 1 fully saturated rings. The highest BCUT2D eigenvalue weighted by atomic mass is 79.9. The number of aryl methyl sites for hydroxylation is 1. The summed E-state index contributed by atoms with van der Waals surface area (Å²) in [6.07, 6.45) is 1.99. The standard InChI is InChI=1S/C21H22BrN3O3/c1-3-4-14-5-7-15(8-6-14)21(2)19(27)25(20(28)24-21)13-18(26)23-17-11-9-16(22)10-12-17/h5-12H,3-4,13H2,1-2H3,(H,23,26)(H,24,28). The summed E-state index contributed by atoms with van der Waals surface area (Å²) in [5.41, 5.74) is 1.29. The molecule has 2 aromatic rings. The number of imide groups is 1. The molecule has 1 aliphatic heterocycles. The molecule has 1 aliphatic rings. The molecular formula is C21H22BrN3O3. The van der Waals surface area contributed by atoms with E-state index in [1.807, 2.05) is 24.3 Å². The number of amides is 4. The Morgan fingerprint density at radius 2 is 1.75 bits per heavy atom. The molecule has 2 aromatic carbocycles. The highest BCUT2D eigenvalue weighted by Gasteiger charge is 2.49. The SMILES string of the molecule is CCCc1ccc(C2(C)NC(=O)N(CC(=O)Nc3ccc(Br)cc3)C2=O)cc1. The van der Waals surface area contributed by atoms with Crippen molar-refractivity contribution in [2.75, 3.05) is 11.9 Å². The van der Waals surface area contributed by atoms with E-state index in [0.29, 0.717) is 11.3 Å². The average molecular weight is 444 g/mol. The van der Waals surface area contributed by atoms with Crippen LogP contribution in [0.2, 0.25) is 0 Å². The second kappa shape index (κ2) is 8.14. The number of carbonyl (C=O) groups is 3. The van der Waals surface area contributed by atoms with Crippen molar-refractivity contribution in [3.63, 3.8) is 0 Å². The van der Waals surface area contributed by atoms with Gasteiger partial charge < -0.3 is 10.6 Å². The molecule has 2 N–H and O–H groups in total. The van der Waals surface area contributed by atoms with Gasteiger partial charge in [-0.05, 0) is 48.7 Å². The van der Waals surface area contributed by atoms with E-state index in [1.54, 1.807) is 31.2 Å². The first-order valence-corrected chi connectivity index (χ1v) is 9.91. The first kappa shape index (κ1) is 20.1. The van der Waals surface area contributed by atoms with Crippen molar-refractivity contribution in [3.05, 3.63) is 64.1 Å². The molecule has 1 heterocycles. The van der Waals surface area contributed by atoms with Gasteiger partial charge >= 0.3 is 6.03 Å². The lowest BCUT2D eigenvalue weighted by Crippen LogP contribution is -2.42. The first-order chi connectivity index (χ1) is 13.3. The highest BCUT2D eigenvalue weighted by Crippen LogP contribution is 2.29. The Morgan fingerprint density at radius 1 is 1.11 bits per heavy atom. The molecule has 0 saturated carbocycles. The van der Waals surface area contributed by atoms with E-state index in [0.717, 1.165) is 22.2 Å². The maximum atomic E-state index is 12.9. The minimum absolute atomic E-state index is 0.343. The van der Waals surface area contributed by atoms with Gasteiger partial charge in [-0.15, -0.1) is 0 Å². The summed E-state index contributed by atoms with van der Waals surface area (Å²) in [6.45, 7) is 3.42. The molecule has 6 nitrogen and oxygen atoms in total. The Morgan fingerprint density at radius 3 is 2.36 bits per heavy atom. The third-order valence-electron chi connectivity index (χ3n) is 4.77. The molecular weight excluding hydrogens is 422 g/mol. The monoisotopic (exact) mass is 443 g/mol. The Balaban J connectivity index is 1.71. The van der Waals surface area contributed by atoms with Crippen LogP contribution in [0.3, 0.4) is 0 Å². The van der Waals surface area contributed by atoms with Crippen LogP contribution in [0.15, 0.2) is 53.0 Å². The van der Waals surface area contributed by atoms with Gasteiger partial charge in [-0.2, -0.15) is 0 Å². The van der Waals surface area contributed by atoms with E-state index in [2.05, 4.69) is 33.5 Å². The smallest absolute Gasteiger partial charge is 0.325 e. The van der Waals surface area contributed by atoms with Crippen molar-refractivity contribution >= 4 is 39.5 Å². The summed E-state index contributed by atoms with van der Waals surface area (Å²) in [5.74, 6) is -0.875. The van der Waals surface area contributed by atoms with Gasteiger partial charge in [0.05, 0.1) is 0 Å². The van der Waals surface area contributed by atoms with Crippen LogP contribution in [-0.4, -0.2) is 29.3 Å². The second-order valence-electron chi connectivity index (χ2n) is 6.95. The number of nitrogens with one attached hydrogen (secondary N) is 2. The van der Waals surface area contributed by atoms with Crippen LogP contribution in [0.1, 0.15) is 31.4 Å². The lowest BCUT2D eigenvalue weighted by molar-refractivity contribution is -0.133. The highest BCUT2D eigenvalue weighted by molar-refractivity contribution is 9.10. The summed E-state index contributed by atoms with van der Waals surface area (Å²) in [6, 6.07) is 14.1. The van der Waals surface area contributed by atoms with Gasteiger partial charge in [-0.1, -0.05) is 53.5 Å². The fraction of sp³-hybridized carbons (Fsp3) is 0.286. The van der Waals surface area contributed by atoms with Crippen LogP contribution >= 0.6 is 15.9 Å². The van der Waals surface area contributed by atoms with Crippen molar-refractivity contribution < 1.29 is 14.4 Å². The van der Waals surface area contributed by atoms with Crippen molar-refractivity contribution in [1.29, 1.82) is 0 Å². The number of anilines is 1. The summed E-state index contributed by atoms with van der Waals surface area (Å²) >= 11 is 3.33. The Bertz CT molecular complexity index is 896. The Hall–Kier alpha value is -2.67. The fourth-order valence-electron chi connectivity index (χ4n) is 3.21. The number of hydrogen-bond acceptors (Lipinski definition) is 3. The molecule has 0 bridgehead atoms. The topological polar surface area (TPSA) is 78.5 Å². The zero-order valence-electron chi connectivity index (χ0n) is 15.8. The molecule has 1 saturated heterocycles. The van der Waals surface area contributed by atoms with Crippen LogP contribution in [0.5, 0.6) is 0 Å². The summed E-state index contributed by atoms with van der Waals surface area (Å²) < 4.78 is 0.889. The second-order valence-corrected chi connectivity index (χ2v) is 7.86. The van der Waals surface area contributed by atoms with Crippen LogP contribution in [0.4, 0.5) is 10.5 Å². The predicted molar refractivity (Wildman–Crippen MR) is 111 cm³/mol. The molecule has 146 valence electrons. The first-order valence-electron chi connectivity index (χ1n) is 9.12. The summed E-state index contributed by atoms with van der Waals surface area (Å²) in [7, 11) is 0. The molecule has 4 amide bonds. The number of hydrogen-bond donors (Lipinski definition) is 2. The lowest BCUT2D eigenvalue weighted by Gasteiger charge is -2.22. The quantitative estimate of drug-likeness (QED) is 0.666. The molecule has 0 spiro atoms. The minimum atomic E-state index is -1.18. The normalized spacial score (nSPS) is 18.9. The maximum Gasteiger partial charge on any atom is 0.325 e. The number of nitrogens with zero attached hydrogens (tertiary/aromatic N) is 1. The van der Waals surface area contributed by atoms with Gasteiger partial charge in [0.25, 0.3) is 5.91 Å². The van der Waals surface area contributed by atoms with E-state index in [9.17, 15) is 14.4 Å². The van der Waals surface area contributed by atoms with E-state index in [1.165, 1.54) is 5.56 Å². The van der Waals surface area contributed by atoms with Crippen LogP contribution in [0, 0.1) is 0 Å². The molecule has 0 aromatic heterocycles. The zero-order valence-corrected chi connectivity index (χ0v) is 17.4. The molecule has 3 rings (SSSR count). The molecule has 1 atom stereocenters. The van der Waals surface area contributed by atoms with Gasteiger partial charge in [0.2, 0.25) is 5.91 Å². The predicted octanol–water partition coefficient (Wildman–Crippen LogP) is 3.81. The fourth-order valence-corrected chi connectivity index (χ4v) is 3.47.